The molecule has 3 N–H and O–H groups in total. The molecule has 1 aromatic heterocycles. The maximum absolute atomic E-state index is 6.02. The van der Waals surface area contributed by atoms with E-state index in [1.807, 2.05) is 18.2 Å². The van der Waals surface area contributed by atoms with Gasteiger partial charge in [0, 0.05) is 30.3 Å². The van der Waals surface area contributed by atoms with Gasteiger partial charge in [-0.2, -0.15) is 4.98 Å². The van der Waals surface area contributed by atoms with Crippen LogP contribution in [0.15, 0.2) is 30.3 Å². The van der Waals surface area contributed by atoms with Gasteiger partial charge in [-0.05, 0) is 32.2 Å². The summed E-state index contributed by atoms with van der Waals surface area (Å²) in [6.45, 7) is 5.31. The minimum atomic E-state index is 0. The van der Waals surface area contributed by atoms with Crippen molar-refractivity contribution in [2.45, 2.75) is 25.8 Å². The summed E-state index contributed by atoms with van der Waals surface area (Å²) < 4.78 is 0. The summed E-state index contributed by atoms with van der Waals surface area (Å²) in [5, 5.41) is 3.64. The number of anilines is 2. The monoisotopic (exact) mass is 345 g/mol. The molecule has 0 saturated carbocycles. The number of rotatable bonds is 2. The lowest BCUT2D eigenvalue weighted by Crippen LogP contribution is -2.40. The summed E-state index contributed by atoms with van der Waals surface area (Å²) in [4.78, 5) is 11.4. The van der Waals surface area contributed by atoms with Gasteiger partial charge in [0.15, 0.2) is 0 Å². The Labute approximate surface area is 149 Å². The van der Waals surface area contributed by atoms with Crippen molar-refractivity contribution in [1.82, 2.24) is 15.3 Å². The fourth-order valence-electron chi connectivity index (χ4n) is 3.93. The number of nitrogens with one attached hydrogen (secondary N) is 1. The zero-order valence-electron chi connectivity index (χ0n) is 13.9. The molecule has 2 aromatic rings. The quantitative estimate of drug-likeness (QED) is 0.875. The van der Waals surface area contributed by atoms with Gasteiger partial charge in [-0.3, -0.25) is 0 Å². The van der Waals surface area contributed by atoms with Crippen LogP contribution in [0.5, 0.6) is 0 Å². The first kappa shape index (κ1) is 17.0. The van der Waals surface area contributed by atoms with E-state index in [1.165, 1.54) is 12.8 Å². The van der Waals surface area contributed by atoms with Gasteiger partial charge in [-0.15, -0.1) is 12.4 Å². The highest BCUT2D eigenvalue weighted by atomic mass is 35.5. The number of aromatic nitrogens is 2. The van der Waals surface area contributed by atoms with Gasteiger partial charge < -0.3 is 16.0 Å². The van der Waals surface area contributed by atoms with Crippen molar-refractivity contribution >= 4 is 24.2 Å². The second kappa shape index (κ2) is 6.95. The molecule has 2 saturated heterocycles. The van der Waals surface area contributed by atoms with Gasteiger partial charge in [-0.1, -0.05) is 30.3 Å². The Balaban J connectivity index is 0.00000169. The first-order valence-electron chi connectivity index (χ1n) is 8.40. The minimum absolute atomic E-state index is 0. The van der Waals surface area contributed by atoms with Crippen LogP contribution in [0.1, 0.15) is 18.4 Å². The highest BCUT2D eigenvalue weighted by Crippen LogP contribution is 2.33. The summed E-state index contributed by atoms with van der Waals surface area (Å²) >= 11 is 0. The molecule has 0 amide bonds. The van der Waals surface area contributed by atoms with E-state index >= 15 is 0 Å². The smallest absolute Gasteiger partial charge is 0.222 e. The van der Waals surface area contributed by atoms with Crippen LogP contribution in [0.25, 0.3) is 11.3 Å². The largest absolute Gasteiger partial charge is 0.368 e. The molecule has 3 heterocycles. The molecule has 24 heavy (non-hydrogen) atoms. The van der Waals surface area contributed by atoms with Crippen LogP contribution < -0.4 is 16.0 Å². The van der Waals surface area contributed by atoms with Crippen molar-refractivity contribution in [2.75, 3.05) is 30.3 Å². The molecule has 128 valence electrons. The predicted molar refractivity (Wildman–Crippen MR) is 101 cm³/mol. The summed E-state index contributed by atoms with van der Waals surface area (Å²) in [5.41, 5.74) is 9.16. The van der Waals surface area contributed by atoms with Crippen molar-refractivity contribution in [2.24, 2.45) is 5.92 Å². The second-order valence-electron chi connectivity index (χ2n) is 6.61. The molecule has 0 bridgehead atoms. The highest BCUT2D eigenvalue weighted by molar-refractivity contribution is 5.85. The molecule has 2 aliphatic rings. The average molecular weight is 346 g/mol. The normalized spacial score (nSPS) is 22.8. The van der Waals surface area contributed by atoms with Crippen LogP contribution in [0.4, 0.5) is 11.8 Å². The molecule has 1 aromatic carbocycles. The third-order valence-electron chi connectivity index (χ3n) is 5.08. The van der Waals surface area contributed by atoms with Gasteiger partial charge in [0.1, 0.15) is 5.82 Å². The van der Waals surface area contributed by atoms with Gasteiger partial charge in [0.2, 0.25) is 5.95 Å². The maximum atomic E-state index is 6.02. The van der Waals surface area contributed by atoms with E-state index in [2.05, 4.69) is 39.2 Å². The Hall–Kier alpha value is -1.85. The van der Waals surface area contributed by atoms with Crippen LogP contribution in [0.3, 0.4) is 0 Å². The maximum Gasteiger partial charge on any atom is 0.222 e. The predicted octanol–water partition coefficient (Wildman–Crippen LogP) is 2.64. The van der Waals surface area contributed by atoms with Crippen LogP contribution in [-0.2, 0) is 0 Å². The molecule has 5 nitrogen and oxygen atoms in total. The molecule has 2 fully saturated rings. The van der Waals surface area contributed by atoms with E-state index in [0.29, 0.717) is 12.0 Å². The number of fused-ring (bicyclic) bond motifs is 1. The SMILES string of the molecule is Cc1c(-c2ccccc2)nc(N)nc1N1C[C@H]2CCCN[C@H]2C1.Cl. The standard InChI is InChI=1S/C18H23N5.ClH/c1-12-16(13-6-3-2-4-7-13)21-18(19)22-17(12)23-10-14-8-5-9-20-15(14)11-23;/h2-4,6-7,14-15,20H,5,8-11H2,1H3,(H2,19,21,22);1H/t14-,15+;/m1./s1. The van der Waals surface area contributed by atoms with Crippen molar-refractivity contribution in [1.29, 1.82) is 0 Å². The summed E-state index contributed by atoms with van der Waals surface area (Å²) in [7, 11) is 0. The van der Waals surface area contributed by atoms with E-state index in [1.54, 1.807) is 0 Å². The lowest BCUT2D eigenvalue weighted by Gasteiger charge is -2.24. The third-order valence-corrected chi connectivity index (χ3v) is 5.08. The second-order valence-corrected chi connectivity index (χ2v) is 6.61. The zero-order valence-corrected chi connectivity index (χ0v) is 14.7. The number of benzene rings is 1. The van der Waals surface area contributed by atoms with E-state index in [0.717, 1.165) is 48.2 Å². The van der Waals surface area contributed by atoms with E-state index in [9.17, 15) is 0 Å². The zero-order chi connectivity index (χ0) is 15.8. The fourth-order valence-corrected chi connectivity index (χ4v) is 3.93. The van der Waals surface area contributed by atoms with Crippen molar-refractivity contribution < 1.29 is 0 Å². The number of nitrogens with two attached hydrogens (primary N) is 1. The molecule has 2 atom stereocenters. The molecule has 0 spiro atoms. The molecule has 0 aliphatic carbocycles. The average Bonchev–Trinajstić information content (AvgIpc) is 3.01. The molecule has 4 rings (SSSR count). The fraction of sp³-hybridized carbons (Fsp3) is 0.444. The van der Waals surface area contributed by atoms with Crippen LogP contribution >= 0.6 is 12.4 Å². The van der Waals surface area contributed by atoms with Crippen molar-refractivity contribution in [3.8, 4) is 11.3 Å². The highest BCUT2D eigenvalue weighted by Gasteiger charge is 2.35. The minimum Gasteiger partial charge on any atom is -0.368 e. The Morgan fingerprint density at radius 1 is 1.17 bits per heavy atom. The van der Waals surface area contributed by atoms with Crippen LogP contribution in [0.2, 0.25) is 0 Å². The molecular formula is C18H24ClN5. The number of nitrogen functional groups attached to an aromatic ring is 1. The van der Waals surface area contributed by atoms with E-state index in [4.69, 9.17) is 5.73 Å². The number of piperidine rings is 1. The molecule has 6 heteroatoms. The van der Waals surface area contributed by atoms with E-state index in [-0.39, 0.29) is 12.4 Å². The van der Waals surface area contributed by atoms with Crippen LogP contribution in [0, 0.1) is 12.8 Å². The third kappa shape index (κ3) is 3.06. The topological polar surface area (TPSA) is 67.1 Å². The number of halogens is 1. The number of hydrogen-bond donors (Lipinski definition) is 2. The molecule has 0 unspecified atom stereocenters. The van der Waals surface area contributed by atoms with Crippen molar-refractivity contribution in [3.05, 3.63) is 35.9 Å². The van der Waals surface area contributed by atoms with Gasteiger partial charge >= 0.3 is 0 Å². The molecular weight excluding hydrogens is 322 g/mol. The molecule has 2 aliphatic heterocycles. The first-order chi connectivity index (χ1) is 11.2. The van der Waals surface area contributed by atoms with E-state index < -0.39 is 0 Å². The van der Waals surface area contributed by atoms with Gasteiger partial charge in [0.05, 0.1) is 5.69 Å². The van der Waals surface area contributed by atoms with Gasteiger partial charge in [-0.25, -0.2) is 4.98 Å². The first-order valence-corrected chi connectivity index (χ1v) is 8.40. The Morgan fingerprint density at radius 2 is 1.96 bits per heavy atom. The number of hydrogen-bond acceptors (Lipinski definition) is 5. The Kier molecular flexibility index (Phi) is 4.92. The Bertz CT molecular complexity index is 692. The summed E-state index contributed by atoms with van der Waals surface area (Å²) in [6.07, 6.45) is 2.58. The van der Waals surface area contributed by atoms with Gasteiger partial charge in [0.25, 0.3) is 0 Å². The summed E-state index contributed by atoms with van der Waals surface area (Å²) in [5.74, 6) is 2.07. The lowest BCUT2D eigenvalue weighted by atomic mass is 9.94. The van der Waals surface area contributed by atoms with Crippen molar-refractivity contribution in [3.63, 3.8) is 0 Å². The number of nitrogens with zero attached hydrogens (tertiary/aromatic N) is 3. The van der Waals surface area contributed by atoms with Crippen LogP contribution in [-0.4, -0.2) is 35.6 Å². The summed E-state index contributed by atoms with van der Waals surface area (Å²) in [6, 6.07) is 10.8. The lowest BCUT2D eigenvalue weighted by molar-refractivity contribution is 0.340. The Morgan fingerprint density at radius 3 is 2.71 bits per heavy atom. The molecule has 0 radical (unpaired) electrons.